The molecule has 0 bridgehead atoms. The Morgan fingerprint density at radius 2 is 2.41 bits per heavy atom. The summed E-state index contributed by atoms with van der Waals surface area (Å²) in [5, 5.41) is 13.8. The third-order valence-corrected chi connectivity index (χ3v) is 2.80. The molecule has 6 nitrogen and oxygen atoms in total. The molecule has 1 N–H and O–H groups in total. The van der Waals surface area contributed by atoms with Crippen LogP contribution in [0.15, 0.2) is 16.5 Å². The summed E-state index contributed by atoms with van der Waals surface area (Å²) in [6, 6.07) is 3.32. The van der Waals surface area contributed by atoms with E-state index in [1.165, 1.54) is 18.9 Å². The number of nitrogens with zero attached hydrogens (tertiary/aromatic N) is 1. The number of hydrogen-bond acceptors (Lipinski definition) is 5. The molecule has 1 aromatic rings. The monoisotopic (exact) mass is 240 g/mol. The lowest BCUT2D eigenvalue weighted by Gasteiger charge is -2.22. The number of piperidine rings is 1. The van der Waals surface area contributed by atoms with Crippen molar-refractivity contribution in [3.63, 3.8) is 0 Å². The molecule has 0 aromatic carbocycles. The summed E-state index contributed by atoms with van der Waals surface area (Å²) in [5.41, 5.74) is 0. The SMILES string of the molecule is O=[N+]([O-])c1ccc(COCC2CCCCN2)o1. The molecule has 1 fully saturated rings. The third kappa shape index (κ3) is 3.54. The van der Waals surface area contributed by atoms with Crippen LogP contribution in [-0.2, 0) is 11.3 Å². The van der Waals surface area contributed by atoms with E-state index in [0.29, 0.717) is 18.4 Å². The third-order valence-electron chi connectivity index (χ3n) is 2.80. The number of rotatable bonds is 5. The maximum Gasteiger partial charge on any atom is 0.433 e. The van der Waals surface area contributed by atoms with Gasteiger partial charge in [-0.1, -0.05) is 6.42 Å². The Balaban J connectivity index is 1.71. The quantitative estimate of drug-likeness (QED) is 0.627. The summed E-state index contributed by atoms with van der Waals surface area (Å²) >= 11 is 0. The Morgan fingerprint density at radius 3 is 3.06 bits per heavy atom. The molecule has 0 radical (unpaired) electrons. The highest BCUT2D eigenvalue weighted by molar-refractivity contribution is 5.17. The van der Waals surface area contributed by atoms with E-state index in [2.05, 4.69) is 5.32 Å². The second-order valence-corrected chi connectivity index (χ2v) is 4.16. The van der Waals surface area contributed by atoms with Gasteiger partial charge in [0.05, 0.1) is 12.7 Å². The van der Waals surface area contributed by atoms with Crippen LogP contribution in [0.4, 0.5) is 5.88 Å². The molecule has 1 atom stereocenters. The van der Waals surface area contributed by atoms with Crippen LogP contribution in [0.5, 0.6) is 0 Å². The van der Waals surface area contributed by atoms with E-state index in [-0.39, 0.29) is 12.5 Å². The van der Waals surface area contributed by atoms with Crippen LogP contribution in [0.25, 0.3) is 0 Å². The van der Waals surface area contributed by atoms with Gasteiger partial charge in [0.15, 0.2) is 0 Å². The Labute approximate surface area is 99.1 Å². The molecule has 17 heavy (non-hydrogen) atoms. The fourth-order valence-electron chi connectivity index (χ4n) is 1.91. The molecule has 0 saturated carbocycles. The number of nitro groups is 1. The van der Waals surface area contributed by atoms with Crippen molar-refractivity contribution < 1.29 is 14.1 Å². The van der Waals surface area contributed by atoms with Crippen molar-refractivity contribution >= 4 is 5.88 Å². The fraction of sp³-hybridized carbons (Fsp3) is 0.636. The predicted octanol–water partition coefficient (Wildman–Crippen LogP) is 1.85. The van der Waals surface area contributed by atoms with Crippen molar-refractivity contribution in [2.24, 2.45) is 0 Å². The molecule has 1 aromatic heterocycles. The van der Waals surface area contributed by atoms with Crippen LogP contribution in [0.1, 0.15) is 25.0 Å². The van der Waals surface area contributed by atoms with Gasteiger partial charge < -0.3 is 14.5 Å². The first-order chi connectivity index (χ1) is 8.25. The zero-order valence-electron chi connectivity index (χ0n) is 9.55. The van der Waals surface area contributed by atoms with Crippen molar-refractivity contribution in [3.8, 4) is 0 Å². The van der Waals surface area contributed by atoms with Crippen LogP contribution in [0, 0.1) is 10.1 Å². The maximum atomic E-state index is 10.4. The maximum absolute atomic E-state index is 10.4. The number of hydrogen-bond donors (Lipinski definition) is 1. The highest BCUT2D eigenvalue weighted by Gasteiger charge is 2.14. The lowest BCUT2D eigenvalue weighted by Crippen LogP contribution is -2.37. The smallest absolute Gasteiger partial charge is 0.403 e. The van der Waals surface area contributed by atoms with Gasteiger partial charge in [0, 0.05) is 6.04 Å². The van der Waals surface area contributed by atoms with Crippen LogP contribution >= 0.6 is 0 Å². The molecule has 1 aliphatic rings. The van der Waals surface area contributed by atoms with E-state index in [1.807, 2.05) is 0 Å². The summed E-state index contributed by atoms with van der Waals surface area (Å²) in [7, 11) is 0. The highest BCUT2D eigenvalue weighted by atomic mass is 16.6. The fourth-order valence-corrected chi connectivity index (χ4v) is 1.91. The average Bonchev–Trinajstić information content (AvgIpc) is 2.79. The van der Waals surface area contributed by atoms with Crippen molar-refractivity contribution in [1.29, 1.82) is 0 Å². The second-order valence-electron chi connectivity index (χ2n) is 4.16. The van der Waals surface area contributed by atoms with E-state index in [4.69, 9.17) is 9.15 Å². The van der Waals surface area contributed by atoms with E-state index in [1.54, 1.807) is 6.07 Å². The van der Waals surface area contributed by atoms with Crippen LogP contribution < -0.4 is 5.32 Å². The van der Waals surface area contributed by atoms with Crippen LogP contribution in [-0.4, -0.2) is 24.1 Å². The average molecular weight is 240 g/mol. The Morgan fingerprint density at radius 1 is 1.53 bits per heavy atom. The normalized spacial score (nSPS) is 20.4. The van der Waals surface area contributed by atoms with E-state index < -0.39 is 4.92 Å². The number of furan rings is 1. The molecule has 1 unspecified atom stereocenters. The molecule has 1 aliphatic heterocycles. The molecular formula is C11H16N2O4. The highest BCUT2D eigenvalue weighted by Crippen LogP contribution is 2.16. The first-order valence-electron chi connectivity index (χ1n) is 5.80. The number of ether oxygens (including phenoxy) is 1. The first kappa shape index (κ1) is 12.1. The van der Waals surface area contributed by atoms with Gasteiger partial charge in [-0.15, -0.1) is 0 Å². The summed E-state index contributed by atoms with van der Waals surface area (Å²) in [4.78, 5) is 9.85. The number of nitrogens with one attached hydrogen (secondary N) is 1. The molecule has 2 heterocycles. The summed E-state index contributed by atoms with van der Waals surface area (Å²) in [6.45, 7) is 1.95. The van der Waals surface area contributed by atoms with Crippen LogP contribution in [0.2, 0.25) is 0 Å². The zero-order valence-corrected chi connectivity index (χ0v) is 9.55. The Kier molecular flexibility index (Phi) is 4.11. The second kappa shape index (κ2) is 5.79. The topological polar surface area (TPSA) is 77.5 Å². The van der Waals surface area contributed by atoms with E-state index in [0.717, 1.165) is 13.0 Å². The molecular weight excluding hydrogens is 224 g/mol. The molecule has 1 saturated heterocycles. The molecule has 0 amide bonds. The van der Waals surface area contributed by atoms with Gasteiger partial charge in [-0.25, -0.2) is 0 Å². The summed E-state index contributed by atoms with van der Waals surface area (Å²) in [5.74, 6) is 0.256. The Hall–Kier alpha value is -1.40. The molecule has 0 aliphatic carbocycles. The van der Waals surface area contributed by atoms with Gasteiger partial charge in [-0.05, 0) is 25.5 Å². The van der Waals surface area contributed by atoms with Gasteiger partial charge >= 0.3 is 5.88 Å². The lowest BCUT2D eigenvalue weighted by molar-refractivity contribution is -0.402. The molecule has 2 rings (SSSR count). The minimum absolute atomic E-state index is 0.237. The zero-order chi connectivity index (χ0) is 12.1. The largest absolute Gasteiger partial charge is 0.433 e. The lowest BCUT2D eigenvalue weighted by atomic mass is 10.1. The first-order valence-corrected chi connectivity index (χ1v) is 5.80. The molecule has 6 heteroatoms. The molecule has 94 valence electrons. The van der Waals surface area contributed by atoms with Gasteiger partial charge in [-0.3, -0.25) is 10.1 Å². The van der Waals surface area contributed by atoms with E-state index >= 15 is 0 Å². The van der Waals surface area contributed by atoms with Gasteiger partial charge in [0.25, 0.3) is 0 Å². The van der Waals surface area contributed by atoms with Crippen molar-refractivity contribution in [3.05, 3.63) is 28.0 Å². The predicted molar refractivity (Wildman–Crippen MR) is 60.7 cm³/mol. The van der Waals surface area contributed by atoms with Gasteiger partial charge in [0.1, 0.15) is 17.3 Å². The van der Waals surface area contributed by atoms with Crippen LogP contribution in [0.3, 0.4) is 0 Å². The summed E-state index contributed by atoms with van der Waals surface area (Å²) in [6.07, 6.45) is 3.58. The van der Waals surface area contributed by atoms with Gasteiger partial charge in [0.2, 0.25) is 0 Å². The summed E-state index contributed by atoms with van der Waals surface area (Å²) < 4.78 is 10.5. The minimum atomic E-state index is -0.549. The van der Waals surface area contributed by atoms with Crippen molar-refractivity contribution in [2.75, 3.05) is 13.2 Å². The van der Waals surface area contributed by atoms with Gasteiger partial charge in [-0.2, -0.15) is 0 Å². The van der Waals surface area contributed by atoms with Crippen molar-refractivity contribution in [1.82, 2.24) is 5.32 Å². The van der Waals surface area contributed by atoms with Crippen molar-refractivity contribution in [2.45, 2.75) is 31.9 Å². The standard InChI is InChI=1S/C11H16N2O4/c14-13(15)11-5-4-10(17-11)8-16-7-9-3-1-2-6-12-9/h4-5,9,12H,1-3,6-8H2. The van der Waals surface area contributed by atoms with E-state index in [9.17, 15) is 10.1 Å². The minimum Gasteiger partial charge on any atom is -0.403 e. The Bertz CT molecular complexity index is 371. The molecule has 0 spiro atoms.